The summed E-state index contributed by atoms with van der Waals surface area (Å²) < 4.78 is 18.6. The van der Waals surface area contributed by atoms with E-state index in [0.29, 0.717) is 12.0 Å². The SMILES string of the molecule is CCc1ccc(OC(C)(C)C(=O)O)cc1F. The third-order valence-corrected chi connectivity index (χ3v) is 2.29. The second kappa shape index (κ2) is 4.51. The Hall–Kier alpha value is -1.58. The van der Waals surface area contributed by atoms with Gasteiger partial charge in [0.15, 0.2) is 5.60 Å². The second-order valence-corrected chi connectivity index (χ2v) is 4.02. The largest absolute Gasteiger partial charge is 0.478 e. The molecule has 1 rings (SSSR count). The summed E-state index contributed by atoms with van der Waals surface area (Å²) >= 11 is 0. The maximum Gasteiger partial charge on any atom is 0.347 e. The minimum Gasteiger partial charge on any atom is -0.478 e. The second-order valence-electron chi connectivity index (χ2n) is 4.02. The fourth-order valence-electron chi connectivity index (χ4n) is 1.22. The maximum absolute atomic E-state index is 13.4. The molecule has 0 amide bonds. The summed E-state index contributed by atoms with van der Waals surface area (Å²) in [5.41, 5.74) is -0.777. The van der Waals surface area contributed by atoms with Crippen LogP contribution in [0, 0.1) is 5.82 Å². The lowest BCUT2D eigenvalue weighted by Crippen LogP contribution is -2.37. The first-order chi connectivity index (χ1) is 7.36. The van der Waals surface area contributed by atoms with Gasteiger partial charge in [-0.05, 0) is 31.9 Å². The molecule has 16 heavy (non-hydrogen) atoms. The lowest BCUT2D eigenvalue weighted by molar-refractivity contribution is -0.152. The van der Waals surface area contributed by atoms with Gasteiger partial charge in [0, 0.05) is 6.07 Å². The highest BCUT2D eigenvalue weighted by Gasteiger charge is 2.29. The molecule has 0 aliphatic rings. The van der Waals surface area contributed by atoms with E-state index in [1.807, 2.05) is 6.92 Å². The van der Waals surface area contributed by atoms with Crippen molar-refractivity contribution >= 4 is 5.97 Å². The third-order valence-electron chi connectivity index (χ3n) is 2.29. The lowest BCUT2D eigenvalue weighted by atomic mass is 10.1. The van der Waals surface area contributed by atoms with Crippen molar-refractivity contribution in [3.63, 3.8) is 0 Å². The number of carboxylic acid groups (broad SMARTS) is 1. The van der Waals surface area contributed by atoms with Crippen molar-refractivity contribution in [2.75, 3.05) is 0 Å². The van der Waals surface area contributed by atoms with Crippen LogP contribution >= 0.6 is 0 Å². The molecule has 0 unspecified atom stereocenters. The Kier molecular flexibility index (Phi) is 3.52. The molecule has 3 nitrogen and oxygen atoms in total. The highest BCUT2D eigenvalue weighted by atomic mass is 19.1. The molecule has 0 bridgehead atoms. The first kappa shape index (κ1) is 12.5. The van der Waals surface area contributed by atoms with Crippen molar-refractivity contribution in [1.82, 2.24) is 0 Å². The zero-order valence-corrected chi connectivity index (χ0v) is 9.58. The smallest absolute Gasteiger partial charge is 0.347 e. The Labute approximate surface area is 93.9 Å². The minimum atomic E-state index is -1.36. The molecule has 0 saturated carbocycles. The predicted octanol–water partition coefficient (Wildman–Crippen LogP) is 2.63. The Morgan fingerprint density at radius 1 is 1.50 bits per heavy atom. The first-order valence-corrected chi connectivity index (χ1v) is 5.07. The van der Waals surface area contributed by atoms with Gasteiger partial charge < -0.3 is 9.84 Å². The van der Waals surface area contributed by atoms with Crippen LogP contribution < -0.4 is 4.74 Å². The molecule has 0 atom stereocenters. The number of hydrogen-bond acceptors (Lipinski definition) is 2. The van der Waals surface area contributed by atoms with Crippen molar-refractivity contribution < 1.29 is 19.0 Å². The Bertz CT molecular complexity index is 399. The molecular formula is C12H15FO3. The molecule has 0 aliphatic carbocycles. The van der Waals surface area contributed by atoms with Gasteiger partial charge in [0.05, 0.1) is 0 Å². The van der Waals surface area contributed by atoms with Crippen LogP contribution in [-0.2, 0) is 11.2 Å². The number of benzene rings is 1. The maximum atomic E-state index is 13.4. The quantitative estimate of drug-likeness (QED) is 0.858. The lowest BCUT2D eigenvalue weighted by Gasteiger charge is -2.21. The molecule has 0 spiro atoms. The zero-order chi connectivity index (χ0) is 12.3. The third kappa shape index (κ3) is 2.72. The predicted molar refractivity (Wildman–Crippen MR) is 58.1 cm³/mol. The van der Waals surface area contributed by atoms with Gasteiger partial charge in [0.2, 0.25) is 0 Å². The number of hydrogen-bond donors (Lipinski definition) is 1. The zero-order valence-electron chi connectivity index (χ0n) is 9.58. The van der Waals surface area contributed by atoms with Gasteiger partial charge in [-0.2, -0.15) is 0 Å². The van der Waals surface area contributed by atoms with Crippen LogP contribution in [0.4, 0.5) is 4.39 Å². The van der Waals surface area contributed by atoms with E-state index in [2.05, 4.69) is 0 Å². The van der Waals surface area contributed by atoms with Gasteiger partial charge in [0.1, 0.15) is 11.6 Å². The van der Waals surface area contributed by atoms with Gasteiger partial charge >= 0.3 is 5.97 Å². The van der Waals surface area contributed by atoms with E-state index < -0.39 is 11.6 Å². The molecule has 1 aromatic rings. The van der Waals surface area contributed by atoms with Crippen molar-refractivity contribution in [3.05, 3.63) is 29.6 Å². The highest BCUT2D eigenvalue weighted by molar-refractivity contribution is 5.76. The Morgan fingerprint density at radius 3 is 2.56 bits per heavy atom. The van der Waals surface area contributed by atoms with Crippen molar-refractivity contribution in [3.8, 4) is 5.75 Å². The van der Waals surface area contributed by atoms with E-state index in [1.165, 1.54) is 19.9 Å². The normalized spacial score (nSPS) is 11.2. The molecule has 0 saturated heterocycles. The number of carbonyl (C=O) groups is 1. The summed E-state index contributed by atoms with van der Waals surface area (Å²) in [5.74, 6) is -1.24. The summed E-state index contributed by atoms with van der Waals surface area (Å²) in [5, 5.41) is 8.85. The van der Waals surface area contributed by atoms with Crippen LogP contribution in [0.2, 0.25) is 0 Å². The molecule has 4 heteroatoms. The van der Waals surface area contributed by atoms with Crippen molar-refractivity contribution in [2.24, 2.45) is 0 Å². The number of halogens is 1. The minimum absolute atomic E-state index is 0.224. The van der Waals surface area contributed by atoms with E-state index in [9.17, 15) is 9.18 Å². The van der Waals surface area contributed by atoms with Crippen LogP contribution in [0.1, 0.15) is 26.3 Å². The highest BCUT2D eigenvalue weighted by Crippen LogP contribution is 2.21. The van der Waals surface area contributed by atoms with Gasteiger partial charge in [-0.15, -0.1) is 0 Å². The monoisotopic (exact) mass is 226 g/mol. The Morgan fingerprint density at radius 2 is 2.12 bits per heavy atom. The van der Waals surface area contributed by atoms with Crippen molar-refractivity contribution in [2.45, 2.75) is 32.8 Å². The summed E-state index contributed by atoms with van der Waals surface area (Å²) in [4.78, 5) is 10.8. The van der Waals surface area contributed by atoms with Gasteiger partial charge in [-0.3, -0.25) is 0 Å². The average Bonchev–Trinajstić information content (AvgIpc) is 2.17. The van der Waals surface area contributed by atoms with E-state index in [1.54, 1.807) is 12.1 Å². The van der Waals surface area contributed by atoms with Crippen molar-refractivity contribution in [1.29, 1.82) is 0 Å². The standard InChI is InChI=1S/C12H15FO3/c1-4-8-5-6-9(7-10(8)13)16-12(2,3)11(14)15/h5-7H,4H2,1-3H3,(H,14,15). The summed E-state index contributed by atoms with van der Waals surface area (Å²) in [7, 11) is 0. The van der Waals surface area contributed by atoms with E-state index >= 15 is 0 Å². The molecular weight excluding hydrogens is 211 g/mol. The number of rotatable bonds is 4. The Balaban J connectivity index is 2.91. The number of aliphatic carboxylic acids is 1. The average molecular weight is 226 g/mol. The van der Waals surface area contributed by atoms with Gasteiger partial charge in [0.25, 0.3) is 0 Å². The number of ether oxygens (including phenoxy) is 1. The van der Waals surface area contributed by atoms with E-state index in [0.717, 1.165) is 0 Å². The molecule has 0 aliphatic heterocycles. The molecule has 0 aromatic heterocycles. The topological polar surface area (TPSA) is 46.5 Å². The number of carboxylic acids is 1. The molecule has 1 N–H and O–H groups in total. The van der Waals surface area contributed by atoms with Crippen LogP contribution in [-0.4, -0.2) is 16.7 Å². The summed E-state index contributed by atoms with van der Waals surface area (Å²) in [6, 6.07) is 4.39. The van der Waals surface area contributed by atoms with Gasteiger partial charge in [-0.25, -0.2) is 9.18 Å². The van der Waals surface area contributed by atoms with E-state index in [4.69, 9.17) is 9.84 Å². The number of aryl methyl sites for hydroxylation is 1. The van der Waals surface area contributed by atoms with E-state index in [-0.39, 0.29) is 11.6 Å². The van der Waals surface area contributed by atoms with Gasteiger partial charge in [-0.1, -0.05) is 13.0 Å². The first-order valence-electron chi connectivity index (χ1n) is 5.07. The van der Waals surface area contributed by atoms with Crippen LogP contribution in [0.15, 0.2) is 18.2 Å². The molecule has 0 heterocycles. The molecule has 1 aromatic carbocycles. The summed E-state index contributed by atoms with van der Waals surface area (Å²) in [6.45, 7) is 4.68. The molecule has 88 valence electrons. The fraction of sp³-hybridized carbons (Fsp3) is 0.417. The fourth-order valence-corrected chi connectivity index (χ4v) is 1.22. The molecule has 0 radical (unpaired) electrons. The molecule has 0 fully saturated rings. The summed E-state index contributed by atoms with van der Waals surface area (Å²) in [6.07, 6.45) is 0.592. The van der Waals surface area contributed by atoms with Crippen LogP contribution in [0.25, 0.3) is 0 Å². The van der Waals surface area contributed by atoms with Crippen LogP contribution in [0.5, 0.6) is 5.75 Å². The van der Waals surface area contributed by atoms with Crippen LogP contribution in [0.3, 0.4) is 0 Å².